The standard InChI is InChI=1S/C29H28O8S/c1-18-8-12-21(13-9-18)26(30)34-17-23-24(36-27(31)22-14-10-19(2)11-15-22)25(28(32)38-23)37-29(33)35-16-20-6-4-3-5-7-20/h3-15,23-25,28,32H,16-17H2,1-2H3/t23-,24-,25?,28?/m0/s1. The van der Waals surface area contributed by atoms with Gasteiger partial charge < -0.3 is 24.1 Å². The number of carbonyl (C=O) groups is 3. The van der Waals surface area contributed by atoms with Crippen LogP contribution in [-0.4, -0.2) is 52.7 Å². The third kappa shape index (κ3) is 7.14. The molecule has 1 heterocycles. The Bertz CT molecular complexity index is 1240. The average Bonchev–Trinajstić information content (AvgIpc) is 3.20. The van der Waals surface area contributed by atoms with Crippen molar-refractivity contribution >= 4 is 29.9 Å². The maximum atomic E-state index is 12.9. The summed E-state index contributed by atoms with van der Waals surface area (Å²) in [7, 11) is 0. The Balaban J connectivity index is 1.45. The molecule has 1 N–H and O–H groups in total. The highest BCUT2D eigenvalue weighted by molar-refractivity contribution is 8.00. The van der Waals surface area contributed by atoms with Crippen molar-refractivity contribution in [3.05, 3.63) is 107 Å². The Hall–Kier alpha value is -3.82. The normalized spacial score (nSPS) is 20.4. The summed E-state index contributed by atoms with van der Waals surface area (Å²) in [6.45, 7) is 3.59. The number of ether oxygens (including phenoxy) is 4. The van der Waals surface area contributed by atoms with E-state index in [1.165, 1.54) is 0 Å². The second-order valence-corrected chi connectivity index (χ2v) is 10.2. The van der Waals surface area contributed by atoms with Gasteiger partial charge in [-0.25, -0.2) is 14.4 Å². The zero-order valence-corrected chi connectivity index (χ0v) is 21.8. The van der Waals surface area contributed by atoms with Crippen LogP contribution in [0, 0.1) is 13.8 Å². The smallest absolute Gasteiger partial charge is 0.461 e. The molecule has 38 heavy (non-hydrogen) atoms. The number of carbonyl (C=O) groups excluding carboxylic acids is 3. The van der Waals surface area contributed by atoms with Crippen molar-refractivity contribution in [3.63, 3.8) is 0 Å². The second-order valence-electron chi connectivity index (χ2n) is 8.87. The molecular weight excluding hydrogens is 508 g/mol. The SMILES string of the molecule is Cc1ccc(C(=O)OC[C@@H]2SC(O)C(OC(=O)OCc3ccccc3)[C@H]2OC(=O)c2ccc(C)cc2)cc1. The topological polar surface area (TPSA) is 108 Å². The largest absolute Gasteiger partial charge is 0.509 e. The number of hydrogen-bond acceptors (Lipinski definition) is 9. The predicted octanol–water partition coefficient (Wildman–Crippen LogP) is 4.84. The van der Waals surface area contributed by atoms with Gasteiger partial charge in [-0.1, -0.05) is 65.7 Å². The van der Waals surface area contributed by atoms with E-state index >= 15 is 0 Å². The van der Waals surface area contributed by atoms with Crippen LogP contribution in [0.1, 0.15) is 37.4 Å². The van der Waals surface area contributed by atoms with Crippen LogP contribution in [0.5, 0.6) is 0 Å². The Morgan fingerprint density at radius 3 is 1.92 bits per heavy atom. The van der Waals surface area contributed by atoms with Crippen molar-refractivity contribution in [1.29, 1.82) is 0 Å². The number of esters is 2. The Labute approximate surface area is 224 Å². The summed E-state index contributed by atoms with van der Waals surface area (Å²) < 4.78 is 21.7. The van der Waals surface area contributed by atoms with Crippen LogP contribution in [0.4, 0.5) is 4.79 Å². The van der Waals surface area contributed by atoms with Crippen LogP contribution in [0.2, 0.25) is 0 Å². The van der Waals surface area contributed by atoms with Gasteiger partial charge in [0.05, 0.1) is 16.4 Å². The zero-order valence-electron chi connectivity index (χ0n) is 20.9. The number of rotatable bonds is 8. The first kappa shape index (κ1) is 27.2. The van der Waals surface area contributed by atoms with Gasteiger partial charge in [0, 0.05) is 0 Å². The van der Waals surface area contributed by atoms with Gasteiger partial charge in [-0.3, -0.25) is 0 Å². The Morgan fingerprint density at radius 1 is 0.737 bits per heavy atom. The van der Waals surface area contributed by atoms with Crippen LogP contribution in [0.3, 0.4) is 0 Å². The van der Waals surface area contributed by atoms with Gasteiger partial charge in [0.1, 0.15) is 18.6 Å². The van der Waals surface area contributed by atoms with Crippen molar-refractivity contribution in [2.24, 2.45) is 0 Å². The number of aryl methyl sites for hydroxylation is 2. The molecule has 4 atom stereocenters. The summed E-state index contributed by atoms with van der Waals surface area (Å²) in [5, 5.41) is 10.0. The molecule has 1 aliphatic rings. The van der Waals surface area contributed by atoms with Crippen molar-refractivity contribution in [1.82, 2.24) is 0 Å². The summed E-state index contributed by atoms with van der Waals surface area (Å²) in [4.78, 5) is 37.9. The van der Waals surface area contributed by atoms with E-state index in [9.17, 15) is 19.5 Å². The Kier molecular flexibility index (Phi) is 9.04. The van der Waals surface area contributed by atoms with Crippen LogP contribution in [-0.2, 0) is 25.6 Å². The Morgan fingerprint density at radius 2 is 1.32 bits per heavy atom. The third-order valence-electron chi connectivity index (χ3n) is 5.91. The summed E-state index contributed by atoms with van der Waals surface area (Å²) in [6, 6.07) is 22.7. The molecule has 0 spiro atoms. The fourth-order valence-corrected chi connectivity index (χ4v) is 5.02. The lowest BCUT2D eigenvalue weighted by Gasteiger charge is -2.24. The molecule has 4 rings (SSSR count). The number of benzene rings is 3. The van der Waals surface area contributed by atoms with Gasteiger partial charge in [0.15, 0.2) is 12.2 Å². The molecule has 198 valence electrons. The molecule has 3 aromatic carbocycles. The highest BCUT2D eigenvalue weighted by Gasteiger charge is 2.49. The minimum atomic E-state index is -1.24. The van der Waals surface area contributed by atoms with Gasteiger partial charge in [-0.2, -0.15) is 0 Å². The van der Waals surface area contributed by atoms with Crippen LogP contribution in [0.25, 0.3) is 0 Å². The lowest BCUT2D eigenvalue weighted by Crippen LogP contribution is -2.42. The molecule has 1 saturated heterocycles. The van der Waals surface area contributed by atoms with E-state index in [0.29, 0.717) is 11.1 Å². The monoisotopic (exact) mass is 536 g/mol. The van der Waals surface area contributed by atoms with Crippen molar-refractivity contribution < 1.29 is 38.4 Å². The van der Waals surface area contributed by atoms with Gasteiger partial charge >= 0.3 is 18.1 Å². The average molecular weight is 537 g/mol. The van der Waals surface area contributed by atoms with E-state index in [-0.39, 0.29) is 13.2 Å². The van der Waals surface area contributed by atoms with Crippen LogP contribution in [0.15, 0.2) is 78.9 Å². The van der Waals surface area contributed by atoms with E-state index < -0.39 is 41.0 Å². The number of thioether (sulfide) groups is 1. The van der Waals surface area contributed by atoms with Crippen LogP contribution >= 0.6 is 11.8 Å². The summed E-state index contributed by atoms with van der Waals surface area (Å²) in [5.74, 6) is -1.22. The molecule has 0 bridgehead atoms. The molecule has 0 radical (unpaired) electrons. The molecule has 2 unspecified atom stereocenters. The molecule has 8 nitrogen and oxygen atoms in total. The van der Waals surface area contributed by atoms with Crippen molar-refractivity contribution in [2.75, 3.05) is 6.61 Å². The molecule has 1 aliphatic heterocycles. The van der Waals surface area contributed by atoms with E-state index in [4.69, 9.17) is 18.9 Å². The summed E-state index contributed by atoms with van der Waals surface area (Å²) >= 11 is 0.986. The van der Waals surface area contributed by atoms with E-state index in [2.05, 4.69) is 0 Å². The fraction of sp³-hybridized carbons (Fsp3) is 0.276. The highest BCUT2D eigenvalue weighted by atomic mass is 32.2. The first-order valence-electron chi connectivity index (χ1n) is 12.0. The van der Waals surface area contributed by atoms with Crippen LogP contribution < -0.4 is 0 Å². The predicted molar refractivity (Wildman–Crippen MR) is 141 cm³/mol. The first-order valence-corrected chi connectivity index (χ1v) is 13.0. The summed E-state index contributed by atoms with van der Waals surface area (Å²) in [5.41, 5.74) is 2.15. The molecule has 0 aromatic heterocycles. The van der Waals surface area contributed by atoms with E-state index in [0.717, 1.165) is 28.5 Å². The first-order chi connectivity index (χ1) is 18.3. The fourth-order valence-electron chi connectivity index (χ4n) is 3.78. The van der Waals surface area contributed by atoms with Gasteiger partial charge in [0.2, 0.25) is 0 Å². The van der Waals surface area contributed by atoms with Crippen molar-refractivity contribution in [3.8, 4) is 0 Å². The van der Waals surface area contributed by atoms with Gasteiger partial charge in [0.25, 0.3) is 0 Å². The molecule has 9 heteroatoms. The minimum Gasteiger partial charge on any atom is -0.461 e. The number of aliphatic hydroxyl groups excluding tert-OH is 1. The molecule has 0 saturated carbocycles. The minimum absolute atomic E-state index is 0.0267. The third-order valence-corrected chi connectivity index (χ3v) is 7.21. The maximum absolute atomic E-state index is 12.9. The van der Waals surface area contributed by atoms with Gasteiger partial charge in [-0.05, 0) is 43.7 Å². The number of hydrogen-bond donors (Lipinski definition) is 1. The van der Waals surface area contributed by atoms with E-state index in [1.807, 2.05) is 32.0 Å². The highest BCUT2D eigenvalue weighted by Crippen LogP contribution is 2.38. The lowest BCUT2D eigenvalue weighted by atomic mass is 10.1. The summed E-state index contributed by atoms with van der Waals surface area (Å²) in [6.07, 6.45) is -3.35. The molecular formula is C29H28O8S. The maximum Gasteiger partial charge on any atom is 0.509 e. The second kappa shape index (κ2) is 12.6. The number of aliphatic hydroxyl groups is 1. The van der Waals surface area contributed by atoms with Gasteiger partial charge in [-0.15, -0.1) is 11.8 Å². The molecule has 0 amide bonds. The molecule has 1 fully saturated rings. The molecule has 3 aromatic rings. The quantitative estimate of drug-likeness (QED) is 0.319. The van der Waals surface area contributed by atoms with E-state index in [1.54, 1.807) is 60.7 Å². The lowest BCUT2D eigenvalue weighted by molar-refractivity contribution is -0.0675. The van der Waals surface area contributed by atoms with Crippen molar-refractivity contribution in [2.45, 2.75) is 43.3 Å². The molecule has 0 aliphatic carbocycles. The zero-order chi connectivity index (χ0) is 27.1.